The summed E-state index contributed by atoms with van der Waals surface area (Å²) in [4.78, 5) is 2.15. The van der Waals surface area contributed by atoms with E-state index in [9.17, 15) is 8.42 Å². The second-order valence-electron chi connectivity index (χ2n) is 5.82. The van der Waals surface area contributed by atoms with E-state index in [1.54, 1.807) is 13.0 Å². The lowest BCUT2D eigenvalue weighted by Crippen LogP contribution is -2.44. The molecule has 1 atom stereocenters. The summed E-state index contributed by atoms with van der Waals surface area (Å²) >= 11 is 0. The Hall–Kier alpha value is -1.42. The van der Waals surface area contributed by atoms with E-state index >= 15 is 0 Å². The first-order valence-corrected chi connectivity index (χ1v) is 8.33. The highest BCUT2D eigenvalue weighted by Gasteiger charge is 2.23. The van der Waals surface area contributed by atoms with Crippen LogP contribution in [0.5, 0.6) is 0 Å². The van der Waals surface area contributed by atoms with Crippen molar-refractivity contribution in [3.63, 3.8) is 0 Å². The number of benzene rings is 1. The summed E-state index contributed by atoms with van der Waals surface area (Å²) in [6, 6.07) is 6.42. The Morgan fingerprint density at radius 1 is 1.33 bits per heavy atom. The molecule has 0 bridgehead atoms. The van der Waals surface area contributed by atoms with Crippen molar-refractivity contribution in [2.24, 2.45) is 5.92 Å². The Kier molecular flexibility index (Phi) is 5.90. The lowest BCUT2D eigenvalue weighted by atomic mass is 10.1. The first-order chi connectivity index (χ1) is 9.67. The van der Waals surface area contributed by atoms with Gasteiger partial charge in [-0.3, -0.25) is 0 Å². The van der Waals surface area contributed by atoms with Crippen LogP contribution in [0.3, 0.4) is 0 Å². The van der Waals surface area contributed by atoms with E-state index in [4.69, 9.17) is 5.26 Å². The fourth-order valence-electron chi connectivity index (χ4n) is 1.97. The summed E-state index contributed by atoms with van der Waals surface area (Å²) in [7, 11) is 0.241. The van der Waals surface area contributed by atoms with Crippen molar-refractivity contribution in [3.05, 3.63) is 29.3 Å². The molecule has 0 spiro atoms. The first-order valence-electron chi connectivity index (χ1n) is 6.85. The van der Waals surface area contributed by atoms with Gasteiger partial charge in [-0.15, -0.1) is 0 Å². The van der Waals surface area contributed by atoms with Gasteiger partial charge < -0.3 is 4.90 Å². The molecule has 5 nitrogen and oxygen atoms in total. The molecular weight excluding hydrogens is 286 g/mol. The Balaban J connectivity index is 3.05. The van der Waals surface area contributed by atoms with Crippen LogP contribution in [0, 0.1) is 24.2 Å². The van der Waals surface area contributed by atoms with Crippen molar-refractivity contribution in [2.45, 2.75) is 31.7 Å². The molecule has 0 aliphatic heterocycles. The van der Waals surface area contributed by atoms with Gasteiger partial charge in [0.1, 0.15) is 0 Å². The van der Waals surface area contributed by atoms with E-state index < -0.39 is 10.0 Å². The minimum atomic E-state index is -3.58. The van der Waals surface area contributed by atoms with E-state index in [1.165, 1.54) is 12.1 Å². The highest BCUT2D eigenvalue weighted by atomic mass is 32.2. The van der Waals surface area contributed by atoms with Crippen molar-refractivity contribution >= 4 is 10.0 Å². The van der Waals surface area contributed by atoms with Gasteiger partial charge >= 0.3 is 0 Å². The van der Waals surface area contributed by atoms with Crippen LogP contribution < -0.4 is 4.72 Å². The zero-order valence-corrected chi connectivity index (χ0v) is 14.0. The van der Waals surface area contributed by atoms with Gasteiger partial charge in [-0.25, -0.2) is 13.1 Å². The number of sulfonamides is 1. The van der Waals surface area contributed by atoms with E-state index in [1.807, 2.05) is 38.9 Å². The van der Waals surface area contributed by atoms with E-state index in [2.05, 4.69) is 4.72 Å². The molecule has 21 heavy (non-hydrogen) atoms. The van der Waals surface area contributed by atoms with Crippen LogP contribution in [0.25, 0.3) is 0 Å². The lowest BCUT2D eigenvalue weighted by Gasteiger charge is -2.25. The summed E-state index contributed by atoms with van der Waals surface area (Å²) in [6.45, 7) is 6.34. The molecule has 116 valence electrons. The third-order valence-electron chi connectivity index (χ3n) is 3.30. The third kappa shape index (κ3) is 4.81. The predicted octanol–water partition coefficient (Wildman–Crippen LogP) is 1.73. The number of rotatable bonds is 6. The van der Waals surface area contributed by atoms with Gasteiger partial charge in [0.05, 0.1) is 16.5 Å². The van der Waals surface area contributed by atoms with E-state index in [-0.39, 0.29) is 16.9 Å². The molecule has 1 rings (SSSR count). The molecule has 1 N–H and O–H groups in total. The van der Waals surface area contributed by atoms with Gasteiger partial charge in [-0.2, -0.15) is 5.26 Å². The molecule has 0 aromatic heterocycles. The van der Waals surface area contributed by atoms with Gasteiger partial charge in [0, 0.05) is 12.6 Å². The number of nitrogens with zero attached hydrogens (tertiary/aromatic N) is 2. The molecule has 0 radical (unpaired) electrons. The lowest BCUT2D eigenvalue weighted by molar-refractivity contribution is 0.314. The molecule has 0 aliphatic carbocycles. The van der Waals surface area contributed by atoms with Crippen LogP contribution in [0.2, 0.25) is 0 Å². The standard InChI is InChI=1S/C15H23N3O2S/c1-11(2)15(10-18(4)5)17-21(19,20)14-7-6-13(9-16)12(3)8-14/h6-8,11,15,17H,10H2,1-5H3. The SMILES string of the molecule is Cc1cc(S(=O)(=O)NC(CN(C)C)C(C)C)ccc1C#N. The minimum absolute atomic E-state index is 0.166. The first kappa shape index (κ1) is 17.6. The zero-order chi connectivity index (χ0) is 16.2. The van der Waals surface area contributed by atoms with Crippen LogP contribution in [0.1, 0.15) is 25.0 Å². The largest absolute Gasteiger partial charge is 0.308 e. The zero-order valence-electron chi connectivity index (χ0n) is 13.2. The molecule has 1 aromatic carbocycles. The molecule has 1 aromatic rings. The highest BCUT2D eigenvalue weighted by molar-refractivity contribution is 7.89. The normalized spacial score (nSPS) is 13.4. The van der Waals surface area contributed by atoms with Gasteiger partial charge in [-0.1, -0.05) is 13.8 Å². The van der Waals surface area contributed by atoms with Crippen molar-refractivity contribution in [3.8, 4) is 6.07 Å². The number of hydrogen-bond acceptors (Lipinski definition) is 4. The molecule has 0 amide bonds. The van der Waals surface area contributed by atoms with E-state index in [0.717, 1.165) is 0 Å². The number of likely N-dealkylation sites (N-methyl/N-ethyl adjacent to an activating group) is 1. The van der Waals surface area contributed by atoms with Crippen LogP contribution in [0.4, 0.5) is 0 Å². The Morgan fingerprint density at radius 2 is 1.95 bits per heavy atom. The molecule has 6 heteroatoms. The number of nitrogens with one attached hydrogen (secondary N) is 1. The van der Waals surface area contributed by atoms with Gasteiger partial charge in [0.25, 0.3) is 0 Å². The molecule has 0 aliphatic rings. The fraction of sp³-hybridized carbons (Fsp3) is 0.533. The molecule has 1 unspecified atom stereocenters. The maximum absolute atomic E-state index is 12.5. The molecule has 0 heterocycles. The Bertz CT molecular complexity index is 631. The Labute approximate surface area is 127 Å². The molecular formula is C15H23N3O2S. The summed E-state index contributed by atoms with van der Waals surface area (Å²) < 4.78 is 27.7. The van der Waals surface area contributed by atoms with Crippen LogP contribution in [-0.2, 0) is 10.0 Å². The van der Waals surface area contributed by atoms with Gasteiger partial charge in [0.15, 0.2) is 0 Å². The summed E-state index contributed by atoms with van der Waals surface area (Å²) in [5, 5.41) is 8.91. The van der Waals surface area contributed by atoms with Crippen molar-refractivity contribution in [1.29, 1.82) is 5.26 Å². The maximum atomic E-state index is 12.5. The van der Waals surface area contributed by atoms with Crippen LogP contribution in [0.15, 0.2) is 23.1 Å². The number of aryl methyl sites for hydroxylation is 1. The number of hydrogen-bond donors (Lipinski definition) is 1. The van der Waals surface area contributed by atoms with Crippen molar-refractivity contribution in [1.82, 2.24) is 9.62 Å². The Morgan fingerprint density at radius 3 is 2.38 bits per heavy atom. The number of nitriles is 1. The van der Waals surface area contributed by atoms with Crippen molar-refractivity contribution in [2.75, 3.05) is 20.6 Å². The van der Waals surface area contributed by atoms with Crippen LogP contribution in [-0.4, -0.2) is 40.0 Å². The monoisotopic (exact) mass is 309 g/mol. The molecule has 0 fully saturated rings. The fourth-order valence-corrected chi connectivity index (χ4v) is 3.43. The average Bonchev–Trinajstić information content (AvgIpc) is 2.36. The van der Waals surface area contributed by atoms with Crippen LogP contribution >= 0.6 is 0 Å². The second kappa shape index (κ2) is 7.03. The topological polar surface area (TPSA) is 73.2 Å². The molecule has 0 saturated heterocycles. The average molecular weight is 309 g/mol. The molecule has 0 saturated carbocycles. The minimum Gasteiger partial charge on any atom is -0.308 e. The smallest absolute Gasteiger partial charge is 0.240 e. The van der Waals surface area contributed by atoms with Gasteiger partial charge in [-0.05, 0) is 50.7 Å². The summed E-state index contributed by atoms with van der Waals surface area (Å²) in [5.74, 6) is 0.182. The highest BCUT2D eigenvalue weighted by Crippen LogP contribution is 2.16. The van der Waals surface area contributed by atoms with Crippen molar-refractivity contribution < 1.29 is 8.42 Å². The predicted molar refractivity (Wildman–Crippen MR) is 83.4 cm³/mol. The second-order valence-corrected chi connectivity index (χ2v) is 7.54. The maximum Gasteiger partial charge on any atom is 0.240 e. The summed E-state index contributed by atoms with van der Waals surface area (Å²) in [6.07, 6.45) is 0. The third-order valence-corrected chi connectivity index (χ3v) is 4.79. The van der Waals surface area contributed by atoms with E-state index in [0.29, 0.717) is 17.7 Å². The summed E-state index contributed by atoms with van der Waals surface area (Å²) in [5.41, 5.74) is 1.15. The van der Waals surface area contributed by atoms with Gasteiger partial charge in [0.2, 0.25) is 10.0 Å². The quantitative estimate of drug-likeness (QED) is 0.868.